The minimum absolute atomic E-state index is 0.0348. The fourth-order valence-corrected chi connectivity index (χ4v) is 3.52. The van der Waals surface area contributed by atoms with Crippen LogP contribution >= 0.6 is 11.3 Å². The fraction of sp³-hybridized carbons (Fsp3) is 0.294. The number of hydrogen-bond acceptors (Lipinski definition) is 3. The SMILES string of the molecule is CN1C[C@H](C(=O)N[C@@H](c2ccccc2)c2cccs2)CC1=O. The molecule has 0 aliphatic carbocycles. The van der Waals surface area contributed by atoms with Crippen LogP contribution in [0.2, 0.25) is 0 Å². The molecule has 0 bridgehead atoms. The van der Waals surface area contributed by atoms with Gasteiger partial charge in [-0.15, -0.1) is 11.3 Å². The number of nitrogens with one attached hydrogen (secondary N) is 1. The number of thiophene rings is 1. The molecule has 2 aromatic rings. The van der Waals surface area contributed by atoms with Crippen molar-refractivity contribution in [3.63, 3.8) is 0 Å². The normalized spacial score (nSPS) is 19.2. The van der Waals surface area contributed by atoms with Gasteiger partial charge in [0.05, 0.1) is 12.0 Å². The third kappa shape index (κ3) is 3.04. The van der Waals surface area contributed by atoms with Gasteiger partial charge in [0.25, 0.3) is 0 Å². The van der Waals surface area contributed by atoms with Gasteiger partial charge >= 0.3 is 0 Å². The number of benzene rings is 1. The van der Waals surface area contributed by atoms with Gasteiger partial charge in [0.15, 0.2) is 0 Å². The van der Waals surface area contributed by atoms with Crippen molar-refractivity contribution in [1.29, 1.82) is 0 Å². The zero-order valence-corrected chi connectivity index (χ0v) is 13.2. The van der Waals surface area contributed by atoms with Crippen LogP contribution in [-0.2, 0) is 9.59 Å². The Bertz CT molecular complexity index is 655. The lowest BCUT2D eigenvalue weighted by Crippen LogP contribution is -2.35. The summed E-state index contributed by atoms with van der Waals surface area (Å²) in [4.78, 5) is 26.9. The average molecular weight is 314 g/mol. The largest absolute Gasteiger partial charge is 0.345 e. The highest BCUT2D eigenvalue weighted by atomic mass is 32.1. The summed E-state index contributed by atoms with van der Waals surface area (Å²) in [6.07, 6.45) is 0.300. The van der Waals surface area contributed by atoms with Crippen molar-refractivity contribution in [3.05, 3.63) is 58.3 Å². The zero-order valence-electron chi connectivity index (χ0n) is 12.4. The van der Waals surface area contributed by atoms with E-state index in [0.29, 0.717) is 13.0 Å². The number of carbonyl (C=O) groups is 2. The summed E-state index contributed by atoms with van der Waals surface area (Å²) in [6, 6.07) is 13.8. The minimum atomic E-state index is -0.260. The number of hydrogen-bond donors (Lipinski definition) is 1. The third-order valence-electron chi connectivity index (χ3n) is 3.96. The summed E-state index contributed by atoms with van der Waals surface area (Å²) in [6.45, 7) is 0.497. The third-order valence-corrected chi connectivity index (χ3v) is 4.90. The van der Waals surface area contributed by atoms with E-state index in [9.17, 15) is 9.59 Å². The van der Waals surface area contributed by atoms with Gasteiger partial charge in [-0.1, -0.05) is 36.4 Å². The van der Waals surface area contributed by atoms with Crippen molar-refractivity contribution in [3.8, 4) is 0 Å². The lowest BCUT2D eigenvalue weighted by atomic mass is 10.0. The van der Waals surface area contributed by atoms with Crippen LogP contribution in [0.3, 0.4) is 0 Å². The first kappa shape index (κ1) is 14.8. The Labute approximate surface area is 133 Å². The second-order valence-corrected chi connectivity index (χ2v) is 6.52. The standard InChI is InChI=1S/C17H18N2O2S/c1-19-11-13(10-15(19)20)17(21)18-16(14-8-5-9-22-14)12-6-3-2-4-7-12/h2-9,13,16H,10-11H2,1H3,(H,18,21)/t13-,16+/m1/s1. The lowest BCUT2D eigenvalue weighted by molar-refractivity contribution is -0.128. The van der Waals surface area contributed by atoms with Crippen LogP contribution in [0.1, 0.15) is 22.9 Å². The highest BCUT2D eigenvalue weighted by Gasteiger charge is 2.33. The van der Waals surface area contributed by atoms with Gasteiger partial charge in [-0.3, -0.25) is 9.59 Å². The first-order valence-electron chi connectivity index (χ1n) is 7.28. The Morgan fingerprint density at radius 1 is 1.27 bits per heavy atom. The highest BCUT2D eigenvalue weighted by Crippen LogP contribution is 2.27. The van der Waals surface area contributed by atoms with Crippen molar-refractivity contribution in [2.45, 2.75) is 12.5 Å². The summed E-state index contributed by atoms with van der Waals surface area (Å²) >= 11 is 1.62. The van der Waals surface area contributed by atoms with Crippen LogP contribution in [0.4, 0.5) is 0 Å². The maximum atomic E-state index is 12.5. The van der Waals surface area contributed by atoms with Gasteiger partial charge in [0.1, 0.15) is 0 Å². The second kappa shape index (κ2) is 6.32. The number of carbonyl (C=O) groups excluding carboxylic acids is 2. The van der Waals surface area contributed by atoms with Crippen LogP contribution in [0.5, 0.6) is 0 Å². The van der Waals surface area contributed by atoms with Crippen LogP contribution in [-0.4, -0.2) is 30.3 Å². The molecular weight excluding hydrogens is 296 g/mol. The van der Waals surface area contributed by atoms with E-state index < -0.39 is 0 Å². The number of nitrogens with zero attached hydrogens (tertiary/aromatic N) is 1. The van der Waals surface area contributed by atoms with E-state index in [4.69, 9.17) is 0 Å². The molecule has 0 radical (unpaired) electrons. The summed E-state index contributed by atoms with van der Waals surface area (Å²) in [5.74, 6) is -0.281. The smallest absolute Gasteiger partial charge is 0.226 e. The van der Waals surface area contributed by atoms with E-state index >= 15 is 0 Å². The second-order valence-electron chi connectivity index (χ2n) is 5.54. The number of amides is 2. The predicted octanol–water partition coefficient (Wildman–Crippen LogP) is 2.43. The van der Waals surface area contributed by atoms with Crippen LogP contribution in [0.15, 0.2) is 47.8 Å². The molecule has 3 rings (SSSR count). The summed E-state index contributed by atoms with van der Waals surface area (Å²) in [7, 11) is 1.74. The van der Waals surface area contributed by atoms with Gasteiger partial charge in [-0.2, -0.15) is 0 Å². The first-order chi connectivity index (χ1) is 10.6. The number of rotatable bonds is 4. The lowest BCUT2D eigenvalue weighted by Gasteiger charge is -2.20. The highest BCUT2D eigenvalue weighted by molar-refractivity contribution is 7.10. The van der Waals surface area contributed by atoms with E-state index in [1.54, 1.807) is 23.3 Å². The molecule has 0 spiro atoms. The molecule has 4 nitrogen and oxygen atoms in total. The number of likely N-dealkylation sites (tertiary alicyclic amines) is 1. The molecule has 1 aromatic carbocycles. The van der Waals surface area contributed by atoms with Gasteiger partial charge in [-0.05, 0) is 17.0 Å². The molecule has 2 atom stereocenters. The minimum Gasteiger partial charge on any atom is -0.345 e. The maximum absolute atomic E-state index is 12.5. The van der Waals surface area contributed by atoms with Crippen LogP contribution in [0.25, 0.3) is 0 Å². The molecule has 1 aromatic heterocycles. The van der Waals surface area contributed by atoms with E-state index in [1.807, 2.05) is 47.8 Å². The van der Waals surface area contributed by atoms with Crippen molar-refractivity contribution >= 4 is 23.2 Å². The molecule has 22 heavy (non-hydrogen) atoms. The van der Waals surface area contributed by atoms with Crippen molar-refractivity contribution in [1.82, 2.24) is 10.2 Å². The van der Waals surface area contributed by atoms with E-state index in [0.717, 1.165) is 10.4 Å². The Balaban J connectivity index is 1.79. The predicted molar refractivity (Wildman–Crippen MR) is 86.5 cm³/mol. The Morgan fingerprint density at radius 3 is 2.64 bits per heavy atom. The topological polar surface area (TPSA) is 49.4 Å². The van der Waals surface area contributed by atoms with E-state index in [1.165, 1.54) is 0 Å². The van der Waals surface area contributed by atoms with Gasteiger partial charge in [-0.25, -0.2) is 0 Å². The molecule has 1 fully saturated rings. The molecule has 2 heterocycles. The summed E-state index contributed by atoms with van der Waals surface area (Å²) in [5.41, 5.74) is 1.05. The maximum Gasteiger partial charge on any atom is 0.226 e. The molecule has 1 N–H and O–H groups in total. The Kier molecular flexibility index (Phi) is 4.24. The molecule has 114 valence electrons. The van der Waals surface area contributed by atoms with Crippen LogP contribution in [0, 0.1) is 5.92 Å². The Hall–Kier alpha value is -2.14. The first-order valence-corrected chi connectivity index (χ1v) is 8.16. The van der Waals surface area contributed by atoms with E-state index in [2.05, 4.69) is 5.32 Å². The van der Waals surface area contributed by atoms with Crippen LogP contribution < -0.4 is 5.32 Å². The molecule has 5 heteroatoms. The summed E-state index contributed by atoms with van der Waals surface area (Å²) < 4.78 is 0. The molecule has 1 aliphatic heterocycles. The van der Waals surface area contributed by atoms with Gasteiger partial charge in [0.2, 0.25) is 11.8 Å². The molecule has 1 aliphatic rings. The van der Waals surface area contributed by atoms with Gasteiger partial charge < -0.3 is 10.2 Å². The molecular formula is C17H18N2O2S. The van der Waals surface area contributed by atoms with E-state index in [-0.39, 0.29) is 23.8 Å². The van der Waals surface area contributed by atoms with Gasteiger partial charge in [0, 0.05) is 24.9 Å². The van der Waals surface area contributed by atoms with Crippen molar-refractivity contribution < 1.29 is 9.59 Å². The molecule has 1 saturated heterocycles. The monoisotopic (exact) mass is 314 g/mol. The average Bonchev–Trinajstić information content (AvgIpc) is 3.16. The quantitative estimate of drug-likeness (QED) is 0.942. The zero-order chi connectivity index (χ0) is 15.5. The molecule has 0 saturated carbocycles. The molecule has 0 unspecified atom stereocenters. The van der Waals surface area contributed by atoms with Crippen molar-refractivity contribution in [2.24, 2.45) is 5.92 Å². The Morgan fingerprint density at radius 2 is 2.05 bits per heavy atom. The fourth-order valence-electron chi connectivity index (χ4n) is 2.72. The van der Waals surface area contributed by atoms with Crippen molar-refractivity contribution in [2.75, 3.05) is 13.6 Å². The molecule has 2 amide bonds. The summed E-state index contributed by atoms with van der Waals surface area (Å²) in [5, 5.41) is 5.12.